The molecule has 0 saturated carbocycles. The maximum absolute atomic E-state index is 12.6. The fraction of sp³-hybridized carbons (Fsp3) is 0.294. The molecule has 0 fully saturated rings. The monoisotopic (exact) mass is 314 g/mol. The second-order valence-corrected chi connectivity index (χ2v) is 7.66. The van der Waals surface area contributed by atoms with Crippen molar-refractivity contribution in [3.8, 4) is 0 Å². The van der Waals surface area contributed by atoms with E-state index >= 15 is 0 Å². The van der Waals surface area contributed by atoms with E-state index in [4.69, 9.17) is 4.65 Å². The van der Waals surface area contributed by atoms with Gasteiger partial charge in [-0.1, -0.05) is 50.1 Å². The van der Waals surface area contributed by atoms with E-state index in [1.807, 2.05) is 31.1 Å². The predicted molar refractivity (Wildman–Crippen MR) is 89.1 cm³/mol. The SMILES string of the molecule is CC[C@@H]1OB(C)c2c(CS(=O)(=O)c3ccccc3)cccc21. The smallest absolute Gasteiger partial charge is 0.324 e. The van der Waals surface area contributed by atoms with Crippen molar-refractivity contribution < 1.29 is 13.1 Å². The zero-order chi connectivity index (χ0) is 15.7. The van der Waals surface area contributed by atoms with Crippen LogP contribution in [0.1, 0.15) is 30.6 Å². The number of fused-ring (bicyclic) bond motifs is 1. The van der Waals surface area contributed by atoms with Crippen molar-refractivity contribution in [2.75, 3.05) is 0 Å². The van der Waals surface area contributed by atoms with Gasteiger partial charge >= 0.3 is 6.92 Å². The second kappa shape index (κ2) is 5.90. The molecular formula is C17H19BO3S. The van der Waals surface area contributed by atoms with Gasteiger partial charge in [-0.25, -0.2) is 8.42 Å². The molecule has 5 heteroatoms. The maximum atomic E-state index is 12.6. The first-order valence-corrected chi connectivity index (χ1v) is 9.23. The molecule has 22 heavy (non-hydrogen) atoms. The van der Waals surface area contributed by atoms with E-state index in [-0.39, 0.29) is 18.8 Å². The van der Waals surface area contributed by atoms with Crippen molar-refractivity contribution in [2.45, 2.75) is 36.9 Å². The molecule has 1 aliphatic rings. The van der Waals surface area contributed by atoms with Crippen LogP contribution >= 0.6 is 0 Å². The average Bonchev–Trinajstić information content (AvgIpc) is 2.85. The number of hydrogen-bond acceptors (Lipinski definition) is 3. The van der Waals surface area contributed by atoms with E-state index in [1.165, 1.54) is 0 Å². The van der Waals surface area contributed by atoms with Crippen molar-refractivity contribution in [3.63, 3.8) is 0 Å². The lowest BCUT2D eigenvalue weighted by molar-refractivity contribution is 0.221. The summed E-state index contributed by atoms with van der Waals surface area (Å²) in [6.07, 6.45) is 0.969. The normalized spacial score (nSPS) is 17.5. The fourth-order valence-electron chi connectivity index (χ4n) is 3.16. The Bertz CT molecular complexity index is 772. The molecule has 0 spiro atoms. The zero-order valence-electron chi connectivity index (χ0n) is 12.8. The summed E-state index contributed by atoms with van der Waals surface area (Å²) in [5.74, 6) is 0.0182. The number of rotatable bonds is 4. The molecule has 1 aliphatic heterocycles. The first-order chi connectivity index (χ1) is 10.5. The Hall–Kier alpha value is -1.59. The van der Waals surface area contributed by atoms with Crippen molar-refractivity contribution in [3.05, 3.63) is 59.7 Å². The largest absolute Gasteiger partial charge is 0.424 e. The molecule has 0 N–H and O–H groups in total. The highest BCUT2D eigenvalue weighted by molar-refractivity contribution is 7.90. The van der Waals surface area contributed by atoms with Crippen LogP contribution in [0.4, 0.5) is 0 Å². The Balaban J connectivity index is 2.00. The van der Waals surface area contributed by atoms with Crippen LogP contribution in [0.15, 0.2) is 53.4 Å². The van der Waals surface area contributed by atoms with Crippen molar-refractivity contribution in [1.29, 1.82) is 0 Å². The summed E-state index contributed by atoms with van der Waals surface area (Å²) in [5.41, 5.74) is 3.04. The van der Waals surface area contributed by atoms with E-state index in [2.05, 4.69) is 6.92 Å². The highest BCUT2D eigenvalue weighted by Gasteiger charge is 2.33. The van der Waals surface area contributed by atoms with Crippen LogP contribution in [0.25, 0.3) is 0 Å². The standard InChI is InChI=1S/C17H19BO3S/c1-3-16-15-11-7-8-13(17(15)18(2)21-16)12-22(19,20)14-9-5-4-6-10-14/h4-11,16H,3,12H2,1-2H3/t16-/m0/s1. The van der Waals surface area contributed by atoms with Gasteiger partial charge in [0.1, 0.15) is 0 Å². The van der Waals surface area contributed by atoms with Gasteiger partial charge < -0.3 is 4.65 Å². The summed E-state index contributed by atoms with van der Waals surface area (Å²) >= 11 is 0. The molecule has 114 valence electrons. The van der Waals surface area contributed by atoms with Gasteiger partial charge in [-0.15, -0.1) is 0 Å². The molecule has 0 unspecified atom stereocenters. The summed E-state index contributed by atoms with van der Waals surface area (Å²) in [6.45, 7) is 4.02. The van der Waals surface area contributed by atoms with Gasteiger partial charge in [0, 0.05) is 0 Å². The highest BCUT2D eigenvalue weighted by atomic mass is 32.2. The minimum absolute atomic E-state index is 0.0182. The van der Waals surface area contributed by atoms with Crippen LogP contribution in [0.5, 0.6) is 0 Å². The van der Waals surface area contributed by atoms with Crippen molar-refractivity contribution >= 4 is 22.2 Å². The lowest BCUT2D eigenvalue weighted by Gasteiger charge is -2.11. The van der Waals surface area contributed by atoms with E-state index in [0.29, 0.717) is 4.90 Å². The molecule has 3 nitrogen and oxygen atoms in total. The van der Waals surface area contributed by atoms with Gasteiger partial charge in [-0.3, -0.25) is 0 Å². The third-order valence-electron chi connectivity index (χ3n) is 4.17. The van der Waals surface area contributed by atoms with Gasteiger partial charge in [0.05, 0.1) is 16.8 Å². The van der Waals surface area contributed by atoms with Crippen LogP contribution in [-0.2, 0) is 20.2 Å². The Morgan fingerprint density at radius 1 is 1.09 bits per heavy atom. The average molecular weight is 314 g/mol. The molecule has 2 aromatic carbocycles. The third kappa shape index (κ3) is 2.71. The van der Waals surface area contributed by atoms with Crippen LogP contribution in [0.3, 0.4) is 0 Å². The summed E-state index contributed by atoms with van der Waals surface area (Å²) in [5, 5.41) is 0. The van der Waals surface area contributed by atoms with Crippen molar-refractivity contribution in [2.24, 2.45) is 0 Å². The molecule has 0 amide bonds. The molecule has 0 aromatic heterocycles. The van der Waals surface area contributed by atoms with Gasteiger partial charge in [0.25, 0.3) is 0 Å². The van der Waals surface area contributed by atoms with Crippen LogP contribution in [-0.4, -0.2) is 15.3 Å². The third-order valence-corrected chi connectivity index (χ3v) is 5.85. The molecule has 0 bridgehead atoms. The number of sulfone groups is 1. The summed E-state index contributed by atoms with van der Waals surface area (Å²) in [7, 11) is -3.34. The highest BCUT2D eigenvalue weighted by Crippen LogP contribution is 2.29. The van der Waals surface area contributed by atoms with E-state index in [1.54, 1.807) is 24.3 Å². The first kappa shape index (κ1) is 15.3. The van der Waals surface area contributed by atoms with Gasteiger partial charge in [-0.2, -0.15) is 0 Å². The fourth-order valence-corrected chi connectivity index (χ4v) is 4.55. The van der Waals surface area contributed by atoms with E-state index in [0.717, 1.165) is 23.0 Å². The Morgan fingerprint density at radius 2 is 1.82 bits per heavy atom. The Kier molecular flexibility index (Phi) is 4.11. The molecule has 0 aliphatic carbocycles. The lowest BCUT2D eigenvalue weighted by Crippen LogP contribution is -2.29. The van der Waals surface area contributed by atoms with Crippen molar-refractivity contribution in [1.82, 2.24) is 0 Å². The van der Waals surface area contributed by atoms with Crippen LogP contribution in [0.2, 0.25) is 6.82 Å². The summed E-state index contributed by atoms with van der Waals surface area (Å²) in [4.78, 5) is 0.367. The number of hydrogen-bond donors (Lipinski definition) is 0. The molecule has 0 radical (unpaired) electrons. The van der Waals surface area contributed by atoms with Gasteiger partial charge in [0.2, 0.25) is 0 Å². The second-order valence-electron chi connectivity index (χ2n) is 5.67. The zero-order valence-corrected chi connectivity index (χ0v) is 13.6. The minimum atomic E-state index is -3.34. The van der Waals surface area contributed by atoms with E-state index < -0.39 is 9.84 Å². The Labute approximate surface area is 132 Å². The Morgan fingerprint density at radius 3 is 2.50 bits per heavy atom. The quantitative estimate of drug-likeness (QED) is 0.815. The topological polar surface area (TPSA) is 43.4 Å². The van der Waals surface area contributed by atoms with E-state index in [9.17, 15) is 8.42 Å². The molecular weight excluding hydrogens is 295 g/mol. The van der Waals surface area contributed by atoms with Crippen LogP contribution in [0, 0.1) is 0 Å². The predicted octanol–water partition coefficient (Wildman–Crippen LogP) is 2.97. The minimum Gasteiger partial charge on any atom is -0.424 e. The summed E-state index contributed by atoms with van der Waals surface area (Å²) < 4.78 is 31.2. The lowest BCUT2D eigenvalue weighted by atomic mass is 9.62. The molecule has 0 saturated heterocycles. The first-order valence-electron chi connectivity index (χ1n) is 7.58. The van der Waals surface area contributed by atoms with Gasteiger partial charge in [0.15, 0.2) is 9.84 Å². The summed E-state index contributed by atoms with van der Waals surface area (Å²) in [6, 6.07) is 14.5. The molecule has 2 aromatic rings. The molecule has 1 heterocycles. The van der Waals surface area contributed by atoms with Gasteiger partial charge in [-0.05, 0) is 35.1 Å². The number of benzene rings is 2. The molecule has 1 atom stereocenters. The van der Waals surface area contributed by atoms with Crippen LogP contribution < -0.4 is 5.46 Å². The molecule has 3 rings (SSSR count). The maximum Gasteiger partial charge on any atom is 0.324 e.